The quantitative estimate of drug-likeness (QED) is 0.726. The van der Waals surface area contributed by atoms with Crippen molar-refractivity contribution in [2.75, 3.05) is 39.5 Å². The second-order valence-corrected chi connectivity index (χ2v) is 4.69. The minimum absolute atomic E-state index is 0.0355. The van der Waals surface area contributed by atoms with Gasteiger partial charge in [-0.2, -0.15) is 0 Å². The maximum atomic E-state index is 11.9. The highest BCUT2D eigenvalue weighted by atomic mass is 16.5. The summed E-state index contributed by atoms with van der Waals surface area (Å²) in [5, 5.41) is 8.85. The maximum Gasteiger partial charge on any atom is 0.334 e. The molecule has 0 aliphatic carbocycles. The lowest BCUT2D eigenvalue weighted by atomic mass is 10.2. The van der Waals surface area contributed by atoms with Gasteiger partial charge in [-0.3, -0.25) is 4.79 Å². The molecule has 1 amide bonds. The zero-order valence-electron chi connectivity index (χ0n) is 10.7. The van der Waals surface area contributed by atoms with Crippen LogP contribution in [0.4, 0.5) is 0 Å². The standard InChI is InChI=1S/C12H19NO6/c14-11(8-17-7-9-2-1-4-18-9)13-3-5-19-10(6-13)12(15)16/h9-10H,1-8H2,(H,15,16). The monoisotopic (exact) mass is 273 g/mol. The molecule has 2 rings (SSSR count). The number of nitrogens with zero attached hydrogens (tertiary/aromatic N) is 1. The van der Waals surface area contributed by atoms with E-state index in [0.717, 1.165) is 19.4 Å². The van der Waals surface area contributed by atoms with Crippen molar-refractivity contribution >= 4 is 11.9 Å². The molecule has 0 bridgehead atoms. The zero-order chi connectivity index (χ0) is 13.7. The van der Waals surface area contributed by atoms with Gasteiger partial charge >= 0.3 is 5.97 Å². The fraction of sp³-hybridized carbons (Fsp3) is 0.833. The largest absolute Gasteiger partial charge is 0.479 e. The van der Waals surface area contributed by atoms with Gasteiger partial charge in [0.25, 0.3) is 0 Å². The van der Waals surface area contributed by atoms with Crippen LogP contribution in [0.3, 0.4) is 0 Å². The third-order valence-electron chi connectivity index (χ3n) is 3.25. The lowest BCUT2D eigenvalue weighted by Gasteiger charge is -2.30. The Morgan fingerprint density at radius 1 is 1.32 bits per heavy atom. The van der Waals surface area contributed by atoms with Crippen molar-refractivity contribution in [1.82, 2.24) is 4.90 Å². The smallest absolute Gasteiger partial charge is 0.334 e. The highest BCUT2D eigenvalue weighted by Gasteiger charge is 2.29. The van der Waals surface area contributed by atoms with Gasteiger partial charge in [0.05, 0.1) is 25.9 Å². The molecule has 2 fully saturated rings. The summed E-state index contributed by atoms with van der Waals surface area (Å²) in [6.07, 6.45) is 1.15. The van der Waals surface area contributed by atoms with E-state index in [1.165, 1.54) is 4.90 Å². The summed E-state index contributed by atoms with van der Waals surface area (Å²) in [5.41, 5.74) is 0. The van der Waals surface area contributed by atoms with Crippen LogP contribution in [0.5, 0.6) is 0 Å². The summed E-state index contributed by atoms with van der Waals surface area (Å²) in [4.78, 5) is 24.1. The fourth-order valence-electron chi connectivity index (χ4n) is 2.17. The first-order chi connectivity index (χ1) is 9.16. The second kappa shape index (κ2) is 6.83. The maximum absolute atomic E-state index is 11.9. The summed E-state index contributed by atoms with van der Waals surface area (Å²) < 4.78 is 15.8. The third kappa shape index (κ3) is 4.15. The van der Waals surface area contributed by atoms with Gasteiger partial charge in [0.15, 0.2) is 6.10 Å². The number of amides is 1. The Labute approximate surface area is 111 Å². The van der Waals surface area contributed by atoms with Crippen LogP contribution >= 0.6 is 0 Å². The predicted molar refractivity (Wildman–Crippen MR) is 63.7 cm³/mol. The molecular formula is C12H19NO6. The van der Waals surface area contributed by atoms with Gasteiger partial charge in [-0.05, 0) is 12.8 Å². The topological polar surface area (TPSA) is 85.3 Å². The van der Waals surface area contributed by atoms with E-state index in [1.54, 1.807) is 0 Å². The van der Waals surface area contributed by atoms with Gasteiger partial charge in [0.1, 0.15) is 6.61 Å². The number of morpholine rings is 1. The van der Waals surface area contributed by atoms with Crippen molar-refractivity contribution in [3.8, 4) is 0 Å². The van der Waals surface area contributed by atoms with Crippen molar-refractivity contribution in [1.29, 1.82) is 0 Å². The van der Waals surface area contributed by atoms with Crippen LogP contribution in [-0.4, -0.2) is 73.6 Å². The Kier molecular flexibility index (Phi) is 5.12. The molecule has 0 spiro atoms. The lowest BCUT2D eigenvalue weighted by molar-refractivity contribution is -0.160. The average molecular weight is 273 g/mol. The molecule has 0 aromatic heterocycles. The van der Waals surface area contributed by atoms with Gasteiger partial charge in [-0.25, -0.2) is 4.79 Å². The first kappa shape index (κ1) is 14.2. The molecule has 2 aliphatic heterocycles. The normalized spacial score (nSPS) is 27.5. The molecule has 0 aromatic carbocycles. The first-order valence-electron chi connectivity index (χ1n) is 6.48. The predicted octanol–water partition coefficient (Wildman–Crippen LogP) is -0.506. The van der Waals surface area contributed by atoms with Crippen molar-refractivity contribution in [3.63, 3.8) is 0 Å². The summed E-state index contributed by atoms with van der Waals surface area (Å²) in [5.74, 6) is -1.25. The Morgan fingerprint density at radius 3 is 2.84 bits per heavy atom. The molecule has 2 atom stereocenters. The van der Waals surface area contributed by atoms with Gasteiger partial charge in [0.2, 0.25) is 5.91 Å². The van der Waals surface area contributed by atoms with Crippen LogP contribution in [0, 0.1) is 0 Å². The minimum Gasteiger partial charge on any atom is -0.479 e. The van der Waals surface area contributed by atoms with Gasteiger partial charge < -0.3 is 24.2 Å². The Morgan fingerprint density at radius 2 is 2.16 bits per heavy atom. The number of carboxylic acids is 1. The van der Waals surface area contributed by atoms with Crippen molar-refractivity contribution in [3.05, 3.63) is 0 Å². The number of carbonyl (C=O) groups is 2. The number of carboxylic acid groups (broad SMARTS) is 1. The van der Waals surface area contributed by atoms with Crippen molar-refractivity contribution < 1.29 is 28.9 Å². The number of hydrogen-bond donors (Lipinski definition) is 1. The van der Waals surface area contributed by atoms with Gasteiger partial charge in [0, 0.05) is 13.2 Å². The molecular weight excluding hydrogens is 254 g/mol. The van der Waals surface area contributed by atoms with Gasteiger partial charge in [-0.15, -0.1) is 0 Å². The molecule has 108 valence electrons. The summed E-state index contributed by atoms with van der Waals surface area (Å²) >= 11 is 0. The molecule has 2 unspecified atom stereocenters. The van der Waals surface area contributed by atoms with Crippen LogP contribution in [0.2, 0.25) is 0 Å². The SMILES string of the molecule is O=C(O)C1CN(C(=O)COCC2CCCO2)CCO1. The summed E-state index contributed by atoms with van der Waals surface area (Å²) in [6, 6.07) is 0. The summed E-state index contributed by atoms with van der Waals surface area (Å²) in [7, 11) is 0. The number of ether oxygens (including phenoxy) is 3. The minimum atomic E-state index is -1.04. The van der Waals surface area contributed by atoms with E-state index >= 15 is 0 Å². The molecule has 0 aromatic rings. The van der Waals surface area contributed by atoms with E-state index < -0.39 is 12.1 Å². The van der Waals surface area contributed by atoms with Crippen LogP contribution in [-0.2, 0) is 23.8 Å². The number of rotatable bonds is 5. The van der Waals surface area contributed by atoms with E-state index in [2.05, 4.69) is 0 Å². The Hall–Kier alpha value is -1.18. The Balaban J connectivity index is 1.68. The van der Waals surface area contributed by atoms with E-state index in [0.29, 0.717) is 13.2 Å². The molecule has 2 saturated heterocycles. The molecule has 7 heteroatoms. The first-order valence-corrected chi connectivity index (χ1v) is 6.48. The number of aliphatic carboxylic acids is 1. The molecule has 7 nitrogen and oxygen atoms in total. The Bertz CT molecular complexity index is 328. The molecule has 0 saturated carbocycles. The van der Waals surface area contributed by atoms with E-state index in [9.17, 15) is 9.59 Å². The van der Waals surface area contributed by atoms with Crippen LogP contribution in [0.15, 0.2) is 0 Å². The highest BCUT2D eigenvalue weighted by molar-refractivity contribution is 5.79. The molecule has 2 aliphatic rings. The van der Waals surface area contributed by atoms with E-state index in [-0.39, 0.29) is 31.8 Å². The lowest BCUT2D eigenvalue weighted by Crippen LogP contribution is -2.49. The van der Waals surface area contributed by atoms with Crippen molar-refractivity contribution in [2.45, 2.75) is 25.0 Å². The second-order valence-electron chi connectivity index (χ2n) is 4.69. The molecule has 1 N–H and O–H groups in total. The van der Waals surface area contributed by atoms with E-state index in [4.69, 9.17) is 19.3 Å². The number of carbonyl (C=O) groups excluding carboxylic acids is 1. The van der Waals surface area contributed by atoms with Crippen molar-refractivity contribution in [2.24, 2.45) is 0 Å². The summed E-state index contributed by atoms with van der Waals surface area (Å²) in [6.45, 7) is 1.87. The molecule has 2 heterocycles. The highest BCUT2D eigenvalue weighted by Crippen LogP contribution is 2.12. The van der Waals surface area contributed by atoms with Crippen LogP contribution in [0.25, 0.3) is 0 Å². The average Bonchev–Trinajstić information content (AvgIpc) is 2.92. The van der Waals surface area contributed by atoms with Crippen LogP contribution < -0.4 is 0 Å². The third-order valence-corrected chi connectivity index (χ3v) is 3.25. The number of hydrogen-bond acceptors (Lipinski definition) is 5. The molecule has 19 heavy (non-hydrogen) atoms. The van der Waals surface area contributed by atoms with Gasteiger partial charge in [-0.1, -0.05) is 0 Å². The van der Waals surface area contributed by atoms with E-state index in [1.807, 2.05) is 0 Å². The van der Waals surface area contributed by atoms with Crippen LogP contribution in [0.1, 0.15) is 12.8 Å². The molecule has 0 radical (unpaired) electrons. The zero-order valence-corrected chi connectivity index (χ0v) is 10.7. The fourth-order valence-corrected chi connectivity index (χ4v) is 2.17.